The van der Waals surface area contributed by atoms with Crippen molar-refractivity contribution in [3.8, 4) is 0 Å². The van der Waals surface area contributed by atoms with Crippen molar-refractivity contribution in [2.75, 3.05) is 0 Å². The molecular weight excluding hydrogens is 247 g/mol. The van der Waals surface area contributed by atoms with Gasteiger partial charge in [0.05, 0.1) is 0 Å². The molecule has 0 unspecified atom stereocenters. The molecule has 1 aliphatic carbocycles. The Morgan fingerprint density at radius 2 is 1.79 bits per heavy atom. The molecule has 0 fully saturated rings. The van der Waals surface area contributed by atoms with Crippen molar-refractivity contribution in [3.63, 3.8) is 0 Å². The number of hydrogen-bond acceptors (Lipinski definition) is 2. The van der Waals surface area contributed by atoms with Crippen molar-refractivity contribution >= 4 is 11.8 Å². The second kappa shape index (κ2) is 5.34. The fraction of sp³-hybridized carbons (Fsp3) is 0.333. The largest absolute Gasteiger partial charge is 0.478 e. The molecule has 1 aromatic rings. The molecule has 0 saturated heterocycles. The van der Waals surface area contributed by atoms with Crippen LogP contribution in [0, 0.1) is 12.7 Å². The summed E-state index contributed by atoms with van der Waals surface area (Å²) >= 11 is 0. The summed E-state index contributed by atoms with van der Waals surface area (Å²) in [6, 6.07) is 4.00. The summed E-state index contributed by atoms with van der Waals surface area (Å²) in [7, 11) is 0. The third kappa shape index (κ3) is 2.72. The van der Waals surface area contributed by atoms with Crippen LogP contribution in [-0.2, 0) is 4.79 Å². The van der Waals surface area contributed by atoms with E-state index in [0.717, 1.165) is 12.8 Å². The molecule has 0 amide bonds. The molecule has 0 spiro atoms. The average Bonchev–Trinajstić information content (AvgIpc) is 2.40. The van der Waals surface area contributed by atoms with Gasteiger partial charge in [0, 0.05) is 16.7 Å². The zero-order valence-corrected chi connectivity index (χ0v) is 10.7. The summed E-state index contributed by atoms with van der Waals surface area (Å²) in [5.41, 5.74) is 1.43. The molecular formula is C15H15FO3. The van der Waals surface area contributed by atoms with E-state index >= 15 is 0 Å². The number of aliphatic carboxylic acids is 1. The number of hydrogen-bond donors (Lipinski definition) is 1. The summed E-state index contributed by atoms with van der Waals surface area (Å²) in [5, 5.41) is 9.14. The van der Waals surface area contributed by atoms with E-state index in [1.165, 1.54) is 18.2 Å². The lowest BCUT2D eigenvalue weighted by molar-refractivity contribution is -0.133. The Labute approximate surface area is 110 Å². The Morgan fingerprint density at radius 1 is 1.16 bits per heavy atom. The maximum atomic E-state index is 13.2. The molecule has 19 heavy (non-hydrogen) atoms. The molecule has 4 heteroatoms. The normalized spacial score (nSPS) is 15.5. The molecule has 0 radical (unpaired) electrons. The Kier molecular flexibility index (Phi) is 3.79. The van der Waals surface area contributed by atoms with Crippen molar-refractivity contribution < 1.29 is 19.1 Å². The number of ketones is 1. The van der Waals surface area contributed by atoms with Crippen molar-refractivity contribution in [1.29, 1.82) is 0 Å². The van der Waals surface area contributed by atoms with Crippen molar-refractivity contribution in [2.24, 2.45) is 0 Å². The fourth-order valence-electron chi connectivity index (χ4n) is 2.39. The summed E-state index contributed by atoms with van der Waals surface area (Å²) in [4.78, 5) is 23.6. The van der Waals surface area contributed by atoms with Gasteiger partial charge in [0.15, 0.2) is 5.78 Å². The molecule has 0 aromatic heterocycles. The van der Waals surface area contributed by atoms with Crippen LogP contribution in [0.2, 0.25) is 0 Å². The first-order valence-electron chi connectivity index (χ1n) is 6.27. The van der Waals surface area contributed by atoms with E-state index in [1.807, 2.05) is 0 Å². The maximum absolute atomic E-state index is 13.2. The molecule has 3 nitrogen and oxygen atoms in total. The van der Waals surface area contributed by atoms with Gasteiger partial charge in [-0.15, -0.1) is 0 Å². The van der Waals surface area contributed by atoms with E-state index in [-0.39, 0.29) is 16.9 Å². The first-order valence-corrected chi connectivity index (χ1v) is 6.27. The summed E-state index contributed by atoms with van der Waals surface area (Å²) in [6.45, 7) is 1.72. The van der Waals surface area contributed by atoms with Gasteiger partial charge in [-0.1, -0.05) is 6.07 Å². The Balaban J connectivity index is 2.48. The molecule has 2 rings (SSSR count). The van der Waals surface area contributed by atoms with E-state index in [9.17, 15) is 14.0 Å². The lowest BCUT2D eigenvalue weighted by atomic mass is 9.86. The second-order valence-corrected chi connectivity index (χ2v) is 4.76. The van der Waals surface area contributed by atoms with Gasteiger partial charge in [-0.3, -0.25) is 4.79 Å². The number of benzene rings is 1. The van der Waals surface area contributed by atoms with E-state index in [4.69, 9.17) is 5.11 Å². The van der Waals surface area contributed by atoms with Crippen LogP contribution in [0.5, 0.6) is 0 Å². The van der Waals surface area contributed by atoms with Gasteiger partial charge < -0.3 is 5.11 Å². The first-order chi connectivity index (χ1) is 9.00. The quantitative estimate of drug-likeness (QED) is 0.850. The predicted octanol–water partition coefficient (Wildman–Crippen LogP) is 3.27. The van der Waals surface area contributed by atoms with Gasteiger partial charge in [-0.25, -0.2) is 9.18 Å². The average molecular weight is 262 g/mol. The highest BCUT2D eigenvalue weighted by Gasteiger charge is 2.25. The number of carbonyl (C=O) groups is 2. The van der Waals surface area contributed by atoms with Gasteiger partial charge in [0.25, 0.3) is 0 Å². The topological polar surface area (TPSA) is 54.4 Å². The van der Waals surface area contributed by atoms with Gasteiger partial charge in [0.1, 0.15) is 5.82 Å². The van der Waals surface area contributed by atoms with Crippen molar-refractivity contribution in [2.45, 2.75) is 32.6 Å². The van der Waals surface area contributed by atoms with Crippen LogP contribution in [-0.4, -0.2) is 16.9 Å². The predicted molar refractivity (Wildman–Crippen MR) is 68.6 cm³/mol. The molecule has 100 valence electrons. The first kappa shape index (κ1) is 13.5. The van der Waals surface area contributed by atoms with Crippen LogP contribution in [0.15, 0.2) is 29.3 Å². The van der Waals surface area contributed by atoms with Gasteiger partial charge in [-0.2, -0.15) is 0 Å². The number of rotatable bonds is 3. The third-order valence-corrected chi connectivity index (χ3v) is 3.44. The molecule has 0 aliphatic heterocycles. The van der Waals surface area contributed by atoms with Crippen LogP contribution < -0.4 is 0 Å². The number of aryl methyl sites for hydroxylation is 1. The van der Waals surface area contributed by atoms with E-state index in [1.54, 1.807) is 6.92 Å². The minimum absolute atomic E-state index is 0.180. The number of carbonyl (C=O) groups excluding carboxylic acids is 1. The Bertz CT molecular complexity index is 573. The minimum atomic E-state index is -1.04. The zero-order chi connectivity index (χ0) is 14.0. The standard InChI is InChI=1S/C15H15FO3/c1-9-6-7-10(16)8-13(9)14(17)11-4-2-3-5-12(11)15(18)19/h6-8H,2-5H2,1H3,(H,18,19). The van der Waals surface area contributed by atoms with Crippen LogP contribution in [0.3, 0.4) is 0 Å². The number of Topliss-reactive ketones (excluding diaryl/α,β-unsaturated/α-hetero) is 1. The highest BCUT2D eigenvalue weighted by molar-refractivity contribution is 6.13. The minimum Gasteiger partial charge on any atom is -0.478 e. The zero-order valence-electron chi connectivity index (χ0n) is 10.7. The molecule has 0 bridgehead atoms. The number of allylic oxidation sites excluding steroid dienone is 1. The molecule has 1 aliphatic rings. The summed E-state index contributed by atoms with van der Waals surface area (Å²) in [6.07, 6.45) is 2.44. The maximum Gasteiger partial charge on any atom is 0.331 e. The van der Waals surface area contributed by atoms with Crippen LogP contribution in [0.25, 0.3) is 0 Å². The van der Waals surface area contributed by atoms with E-state index in [2.05, 4.69) is 0 Å². The Morgan fingerprint density at radius 3 is 2.42 bits per heavy atom. The lowest BCUT2D eigenvalue weighted by Crippen LogP contribution is -2.16. The third-order valence-electron chi connectivity index (χ3n) is 3.44. The molecule has 0 saturated carbocycles. The number of carboxylic acid groups (broad SMARTS) is 1. The second-order valence-electron chi connectivity index (χ2n) is 4.76. The van der Waals surface area contributed by atoms with Gasteiger partial charge in [-0.05, 0) is 50.3 Å². The molecule has 1 aromatic carbocycles. The van der Waals surface area contributed by atoms with Crippen LogP contribution in [0.4, 0.5) is 4.39 Å². The van der Waals surface area contributed by atoms with Gasteiger partial charge >= 0.3 is 5.97 Å². The SMILES string of the molecule is Cc1ccc(F)cc1C(=O)C1=C(C(=O)O)CCCC1. The number of carboxylic acids is 1. The Hall–Kier alpha value is -1.97. The molecule has 0 atom stereocenters. The van der Waals surface area contributed by atoms with Crippen LogP contribution >= 0.6 is 0 Å². The summed E-state index contributed by atoms with van der Waals surface area (Å²) in [5.74, 6) is -1.88. The van der Waals surface area contributed by atoms with Gasteiger partial charge in [0.2, 0.25) is 0 Å². The molecule has 0 heterocycles. The van der Waals surface area contributed by atoms with Crippen molar-refractivity contribution in [1.82, 2.24) is 0 Å². The highest BCUT2D eigenvalue weighted by Crippen LogP contribution is 2.28. The van der Waals surface area contributed by atoms with E-state index in [0.29, 0.717) is 24.0 Å². The smallest absolute Gasteiger partial charge is 0.331 e. The highest BCUT2D eigenvalue weighted by atomic mass is 19.1. The van der Waals surface area contributed by atoms with Crippen LogP contribution in [0.1, 0.15) is 41.6 Å². The lowest BCUT2D eigenvalue weighted by Gasteiger charge is -2.17. The fourth-order valence-corrected chi connectivity index (χ4v) is 2.39. The molecule has 1 N–H and O–H groups in total. The van der Waals surface area contributed by atoms with E-state index < -0.39 is 11.8 Å². The monoisotopic (exact) mass is 262 g/mol. The number of halogens is 1. The summed E-state index contributed by atoms with van der Waals surface area (Å²) < 4.78 is 13.2. The van der Waals surface area contributed by atoms with Crippen molar-refractivity contribution in [3.05, 3.63) is 46.3 Å².